The predicted octanol–water partition coefficient (Wildman–Crippen LogP) is 4.14. The van der Waals surface area contributed by atoms with E-state index in [9.17, 15) is 13.6 Å². The Morgan fingerprint density at radius 2 is 1.56 bits per heavy atom. The molecule has 0 amide bonds. The average molecular weight is 449 g/mol. The number of carbonyl (C=O) groups excluding carboxylic acids is 1. The van der Waals surface area contributed by atoms with Crippen molar-refractivity contribution in [1.29, 1.82) is 0 Å². The Balaban J connectivity index is 1.36. The molecule has 0 aliphatic carbocycles. The maximum atomic E-state index is 12.7. The summed E-state index contributed by atoms with van der Waals surface area (Å²) in [4.78, 5) is 15.4. The second-order valence-corrected chi connectivity index (χ2v) is 10.6. The van der Waals surface area contributed by atoms with E-state index >= 15 is 0 Å². The molecule has 1 aliphatic heterocycles. The van der Waals surface area contributed by atoms with Crippen molar-refractivity contribution in [3.8, 4) is 0 Å². The van der Waals surface area contributed by atoms with Crippen molar-refractivity contribution in [2.45, 2.75) is 30.8 Å². The molecule has 0 spiro atoms. The van der Waals surface area contributed by atoms with E-state index in [4.69, 9.17) is 0 Å². The van der Waals surface area contributed by atoms with E-state index in [1.807, 2.05) is 24.3 Å². The van der Waals surface area contributed by atoms with Gasteiger partial charge in [-0.15, -0.1) is 4.31 Å². The summed E-state index contributed by atoms with van der Waals surface area (Å²) < 4.78 is 25.5. The lowest BCUT2D eigenvalue weighted by Gasteiger charge is -2.28. The number of ketones is 1. The van der Waals surface area contributed by atoms with E-state index in [-0.39, 0.29) is 17.1 Å². The normalized spacial score (nSPS) is 15.9. The van der Waals surface area contributed by atoms with Gasteiger partial charge in [0.2, 0.25) is 0 Å². The molecule has 1 heterocycles. The van der Waals surface area contributed by atoms with Crippen molar-refractivity contribution in [1.82, 2.24) is 9.21 Å². The third kappa shape index (κ3) is 5.05. The van der Waals surface area contributed by atoms with Crippen molar-refractivity contribution in [2.75, 3.05) is 20.6 Å². The summed E-state index contributed by atoms with van der Waals surface area (Å²) in [5.74, 6) is 0.0201. The van der Waals surface area contributed by atoms with Crippen LogP contribution in [0.2, 0.25) is 0 Å². The minimum Gasteiger partial charge on any atom is -0.593 e. The van der Waals surface area contributed by atoms with Crippen LogP contribution in [0.15, 0.2) is 77.7 Å². The molecule has 3 aromatic rings. The monoisotopic (exact) mass is 448 g/mol. The molecule has 5 nitrogen and oxygen atoms in total. The van der Waals surface area contributed by atoms with E-state index in [0.717, 1.165) is 31.6 Å². The van der Waals surface area contributed by atoms with Gasteiger partial charge < -0.3 is 4.55 Å². The van der Waals surface area contributed by atoms with Crippen LogP contribution in [0.25, 0.3) is 0 Å². The number of sulfonamides is 1. The SMILES string of the molecule is CN(C)[S+](=O)([O-])c1ccc(CC(=O)c2ccc(CN3CCc4ccccc4C3)cc2)cc1. The van der Waals surface area contributed by atoms with Crippen LogP contribution in [0.1, 0.15) is 32.6 Å². The third-order valence-electron chi connectivity index (χ3n) is 5.96. The molecule has 0 saturated heterocycles. The van der Waals surface area contributed by atoms with Gasteiger partial charge in [-0.25, -0.2) is 0 Å². The fraction of sp³-hybridized carbons (Fsp3) is 0.269. The van der Waals surface area contributed by atoms with Crippen molar-refractivity contribution in [3.05, 3.63) is 101 Å². The van der Waals surface area contributed by atoms with E-state index in [1.165, 1.54) is 35.1 Å². The molecule has 0 aromatic heterocycles. The first kappa shape index (κ1) is 22.6. The molecule has 0 fully saturated rings. The Morgan fingerprint density at radius 1 is 0.938 bits per heavy atom. The second-order valence-electron chi connectivity index (χ2n) is 8.46. The molecule has 0 saturated carbocycles. The Morgan fingerprint density at radius 3 is 2.22 bits per heavy atom. The molecule has 3 aromatic carbocycles. The van der Waals surface area contributed by atoms with Gasteiger partial charge in [0.25, 0.3) is 0 Å². The van der Waals surface area contributed by atoms with Crippen LogP contribution in [0.4, 0.5) is 0 Å². The van der Waals surface area contributed by atoms with Crippen LogP contribution in [0.5, 0.6) is 0 Å². The summed E-state index contributed by atoms with van der Waals surface area (Å²) in [5, 5.41) is 0. The Bertz CT molecular complexity index is 1140. The van der Waals surface area contributed by atoms with Crippen LogP contribution in [0.3, 0.4) is 0 Å². The molecule has 166 valence electrons. The first-order valence-corrected chi connectivity index (χ1v) is 12.2. The molecule has 1 atom stereocenters. The topological polar surface area (TPSA) is 63.7 Å². The summed E-state index contributed by atoms with van der Waals surface area (Å²) in [6.07, 6.45) is 1.31. The van der Waals surface area contributed by atoms with Gasteiger partial charge in [-0.2, -0.15) is 0 Å². The molecule has 6 heteroatoms. The minimum absolute atomic E-state index is 0.0201. The summed E-state index contributed by atoms with van der Waals surface area (Å²) >= 11 is 0. The number of Topliss-reactive ketones (excluding diaryl/α,β-unsaturated/α-hetero) is 1. The number of benzene rings is 3. The number of fused-ring (bicyclic) bond motifs is 1. The number of hydrogen-bond acceptors (Lipinski definition) is 4. The molecule has 32 heavy (non-hydrogen) atoms. The molecular weight excluding hydrogens is 420 g/mol. The maximum absolute atomic E-state index is 12.7. The van der Waals surface area contributed by atoms with E-state index in [0.29, 0.717) is 5.56 Å². The van der Waals surface area contributed by atoms with Crippen LogP contribution in [-0.4, -0.2) is 40.2 Å². The molecule has 0 N–H and O–H groups in total. The van der Waals surface area contributed by atoms with Crippen molar-refractivity contribution in [3.63, 3.8) is 0 Å². The zero-order valence-electron chi connectivity index (χ0n) is 18.5. The Kier molecular flexibility index (Phi) is 6.67. The summed E-state index contributed by atoms with van der Waals surface area (Å²) in [7, 11) is -0.462. The number of nitrogens with zero attached hydrogens (tertiary/aromatic N) is 2. The zero-order chi connectivity index (χ0) is 22.7. The van der Waals surface area contributed by atoms with Crippen molar-refractivity contribution in [2.24, 2.45) is 0 Å². The van der Waals surface area contributed by atoms with E-state index < -0.39 is 10.4 Å². The van der Waals surface area contributed by atoms with Crippen LogP contribution in [0, 0.1) is 0 Å². The average Bonchev–Trinajstić information content (AvgIpc) is 2.79. The number of rotatable bonds is 7. The zero-order valence-corrected chi connectivity index (χ0v) is 19.3. The standard InChI is InChI=1S/C26H28N2O3S/c1-27(2)32(30,31)25-13-9-20(10-14-25)17-26(29)23-11-7-21(8-12-23)18-28-16-15-22-5-3-4-6-24(22)19-28/h3-14H,15-19H2,1-2H3. The summed E-state index contributed by atoms with van der Waals surface area (Å²) in [6, 6.07) is 23.0. The van der Waals surface area contributed by atoms with Gasteiger partial charge in [0.05, 0.1) is 0 Å². The highest BCUT2D eigenvalue weighted by Crippen LogP contribution is 2.22. The first-order chi connectivity index (χ1) is 15.3. The van der Waals surface area contributed by atoms with E-state index in [2.05, 4.69) is 29.2 Å². The Labute approximate surface area is 191 Å². The van der Waals surface area contributed by atoms with Gasteiger partial charge in [0.1, 0.15) is 0 Å². The van der Waals surface area contributed by atoms with Gasteiger partial charge in [-0.3, -0.25) is 9.69 Å². The lowest BCUT2D eigenvalue weighted by atomic mass is 9.99. The third-order valence-corrected chi connectivity index (χ3v) is 7.79. The largest absolute Gasteiger partial charge is 0.593 e. The number of carbonyl (C=O) groups is 1. The molecule has 0 radical (unpaired) electrons. The van der Waals surface area contributed by atoms with Crippen molar-refractivity contribution < 1.29 is 13.6 Å². The Hall–Kier alpha value is -2.64. The van der Waals surface area contributed by atoms with Gasteiger partial charge in [-0.05, 0) is 40.8 Å². The van der Waals surface area contributed by atoms with Crippen LogP contribution >= 0.6 is 0 Å². The van der Waals surface area contributed by atoms with Gasteiger partial charge in [0.15, 0.2) is 21.1 Å². The molecule has 1 unspecified atom stereocenters. The van der Waals surface area contributed by atoms with Crippen molar-refractivity contribution >= 4 is 16.2 Å². The highest BCUT2D eigenvalue weighted by molar-refractivity contribution is 7.95. The molecule has 0 bridgehead atoms. The van der Waals surface area contributed by atoms with Gasteiger partial charge >= 0.3 is 0 Å². The quantitative estimate of drug-likeness (QED) is 0.403. The number of hydrogen-bond donors (Lipinski definition) is 0. The maximum Gasteiger partial charge on any atom is 0.175 e. The fourth-order valence-electron chi connectivity index (χ4n) is 4.02. The molecular formula is C26H28N2O3S. The summed E-state index contributed by atoms with van der Waals surface area (Å²) in [5.41, 5.74) is 5.50. The van der Waals surface area contributed by atoms with Crippen LogP contribution in [-0.2, 0) is 40.5 Å². The van der Waals surface area contributed by atoms with E-state index in [1.54, 1.807) is 24.3 Å². The minimum atomic E-state index is -3.46. The smallest absolute Gasteiger partial charge is 0.175 e. The predicted molar refractivity (Wildman–Crippen MR) is 126 cm³/mol. The lowest BCUT2D eigenvalue weighted by molar-refractivity contribution is 0.0993. The molecule has 4 rings (SSSR count). The highest BCUT2D eigenvalue weighted by atomic mass is 32.3. The summed E-state index contributed by atoms with van der Waals surface area (Å²) in [6.45, 7) is 2.86. The fourth-order valence-corrected chi connectivity index (χ4v) is 4.92. The van der Waals surface area contributed by atoms with Gasteiger partial charge in [-0.1, -0.05) is 64.9 Å². The highest BCUT2D eigenvalue weighted by Gasteiger charge is 2.23. The lowest BCUT2D eigenvalue weighted by Crippen LogP contribution is -2.29. The first-order valence-electron chi connectivity index (χ1n) is 10.8. The molecule has 1 aliphatic rings. The van der Waals surface area contributed by atoms with Crippen LogP contribution < -0.4 is 0 Å². The second kappa shape index (κ2) is 9.46. The van der Waals surface area contributed by atoms with Gasteiger partial charge in [0, 0.05) is 45.7 Å².